The maximum Gasteiger partial charge on any atom is 0.455 e. The molecule has 1 heterocycles. The van der Waals surface area contributed by atoms with E-state index in [0.29, 0.717) is 18.5 Å². The SMILES string of the molecule is CCCNC(=O)C(CC)NC(=O)c1ncc(C2CC2)cc1O[C@](O)(CC)C(F)(F)F. The molecule has 1 aliphatic rings. The third-order valence-electron chi connectivity index (χ3n) is 4.92. The molecule has 168 valence electrons. The number of amides is 2. The molecule has 30 heavy (non-hydrogen) atoms. The summed E-state index contributed by atoms with van der Waals surface area (Å²) < 4.78 is 44.9. The summed E-state index contributed by atoms with van der Waals surface area (Å²) in [4.78, 5) is 28.9. The lowest BCUT2D eigenvalue weighted by molar-refractivity contribution is -0.336. The normalized spacial score (nSPS) is 17.0. The summed E-state index contributed by atoms with van der Waals surface area (Å²) in [5, 5.41) is 15.1. The topological polar surface area (TPSA) is 101 Å². The van der Waals surface area contributed by atoms with Gasteiger partial charge in [0.1, 0.15) is 6.04 Å². The Morgan fingerprint density at radius 2 is 1.97 bits per heavy atom. The molecule has 2 atom stereocenters. The Bertz CT molecular complexity index is 768. The van der Waals surface area contributed by atoms with Gasteiger partial charge < -0.3 is 20.5 Å². The van der Waals surface area contributed by atoms with Crippen LogP contribution < -0.4 is 15.4 Å². The molecular formula is C20H28F3N3O4. The van der Waals surface area contributed by atoms with Crippen molar-refractivity contribution in [1.29, 1.82) is 0 Å². The van der Waals surface area contributed by atoms with Gasteiger partial charge in [-0.1, -0.05) is 20.8 Å². The standard InChI is InChI=1S/C20H28F3N3O4/c1-4-9-24-17(27)14(5-2)26-18(28)16-15(10-13(11-25-16)12-7-8-12)30-19(29,6-3)20(21,22)23/h10-12,14,29H,4-9H2,1-3H3,(H,24,27)(H,26,28)/t14?,19-/m1/s1. The van der Waals surface area contributed by atoms with Gasteiger partial charge in [-0.25, -0.2) is 4.98 Å². The minimum Gasteiger partial charge on any atom is -0.451 e. The summed E-state index contributed by atoms with van der Waals surface area (Å²) in [6.45, 7) is 5.13. The molecule has 0 radical (unpaired) electrons. The van der Waals surface area contributed by atoms with Gasteiger partial charge in [-0.3, -0.25) is 9.59 Å². The molecule has 1 aliphatic carbocycles. The number of pyridine rings is 1. The summed E-state index contributed by atoms with van der Waals surface area (Å²) in [6.07, 6.45) is -1.72. The third-order valence-corrected chi connectivity index (χ3v) is 4.92. The number of nitrogens with one attached hydrogen (secondary N) is 2. The van der Waals surface area contributed by atoms with Crippen molar-refractivity contribution in [2.75, 3.05) is 6.54 Å². The Labute approximate surface area is 173 Å². The molecule has 10 heteroatoms. The average molecular weight is 431 g/mol. The van der Waals surface area contributed by atoms with E-state index in [1.54, 1.807) is 6.92 Å². The fourth-order valence-electron chi connectivity index (χ4n) is 2.81. The number of carbonyl (C=O) groups is 2. The Morgan fingerprint density at radius 3 is 2.47 bits per heavy atom. The molecule has 0 saturated heterocycles. The maximum absolute atomic E-state index is 13.3. The molecule has 1 unspecified atom stereocenters. The van der Waals surface area contributed by atoms with Gasteiger partial charge in [-0.2, -0.15) is 13.2 Å². The van der Waals surface area contributed by atoms with E-state index < -0.39 is 47.7 Å². The van der Waals surface area contributed by atoms with E-state index >= 15 is 0 Å². The number of rotatable bonds is 10. The highest BCUT2D eigenvalue weighted by molar-refractivity contribution is 5.98. The van der Waals surface area contributed by atoms with Crippen LogP contribution in [0, 0.1) is 0 Å². The number of hydrogen-bond acceptors (Lipinski definition) is 5. The lowest BCUT2D eigenvalue weighted by atomic mass is 10.1. The molecule has 1 saturated carbocycles. The second kappa shape index (κ2) is 9.63. The van der Waals surface area contributed by atoms with Crippen LogP contribution in [-0.4, -0.2) is 46.5 Å². The molecule has 3 N–H and O–H groups in total. The van der Waals surface area contributed by atoms with E-state index in [2.05, 4.69) is 15.6 Å². The maximum atomic E-state index is 13.3. The summed E-state index contributed by atoms with van der Waals surface area (Å²) in [5.41, 5.74) is 0.215. The number of alkyl halides is 3. The molecule has 0 aliphatic heterocycles. The first-order chi connectivity index (χ1) is 14.1. The average Bonchev–Trinajstić information content (AvgIpc) is 3.54. The van der Waals surface area contributed by atoms with Gasteiger partial charge in [0.2, 0.25) is 5.91 Å². The lowest BCUT2D eigenvalue weighted by Gasteiger charge is -2.30. The molecule has 1 aromatic heterocycles. The predicted octanol–water partition coefficient (Wildman–Crippen LogP) is 3.03. The highest BCUT2D eigenvalue weighted by atomic mass is 19.4. The van der Waals surface area contributed by atoms with Crippen LogP contribution in [0.5, 0.6) is 5.75 Å². The number of aliphatic hydroxyl groups is 1. The summed E-state index contributed by atoms with van der Waals surface area (Å²) in [5.74, 6) is -5.05. The Hall–Kier alpha value is -2.36. The minimum absolute atomic E-state index is 0.140. The van der Waals surface area contributed by atoms with E-state index in [-0.39, 0.29) is 12.3 Å². The van der Waals surface area contributed by atoms with Gasteiger partial charge in [0.15, 0.2) is 11.4 Å². The van der Waals surface area contributed by atoms with Crippen molar-refractivity contribution in [3.8, 4) is 5.75 Å². The van der Waals surface area contributed by atoms with Gasteiger partial charge in [-0.15, -0.1) is 0 Å². The van der Waals surface area contributed by atoms with Gasteiger partial charge in [0.05, 0.1) is 0 Å². The molecular weight excluding hydrogens is 403 g/mol. The van der Waals surface area contributed by atoms with E-state index in [1.165, 1.54) is 12.3 Å². The second-order valence-corrected chi connectivity index (χ2v) is 7.35. The zero-order valence-electron chi connectivity index (χ0n) is 17.3. The van der Waals surface area contributed by atoms with Crippen LogP contribution in [0.3, 0.4) is 0 Å². The molecule has 0 bridgehead atoms. The number of ether oxygens (including phenoxy) is 1. The summed E-state index contributed by atoms with van der Waals surface area (Å²) in [6, 6.07) is 0.429. The van der Waals surface area contributed by atoms with Crippen LogP contribution in [0.15, 0.2) is 12.3 Å². The molecule has 2 rings (SSSR count). The fraction of sp³-hybridized carbons (Fsp3) is 0.650. The van der Waals surface area contributed by atoms with Gasteiger partial charge in [-0.05, 0) is 43.2 Å². The molecule has 1 fully saturated rings. The number of halogens is 3. The van der Waals surface area contributed by atoms with Crippen molar-refractivity contribution in [2.45, 2.75) is 76.8 Å². The minimum atomic E-state index is -5.07. The van der Waals surface area contributed by atoms with Crippen LogP contribution in [-0.2, 0) is 4.79 Å². The van der Waals surface area contributed by atoms with Crippen LogP contribution in [0.4, 0.5) is 13.2 Å². The van der Waals surface area contributed by atoms with Crippen molar-refractivity contribution in [2.24, 2.45) is 0 Å². The highest BCUT2D eigenvalue weighted by Gasteiger charge is 2.56. The van der Waals surface area contributed by atoms with Crippen molar-refractivity contribution in [3.05, 3.63) is 23.5 Å². The van der Waals surface area contributed by atoms with Crippen LogP contribution >= 0.6 is 0 Å². The zero-order valence-corrected chi connectivity index (χ0v) is 17.3. The Kier molecular flexibility index (Phi) is 7.68. The van der Waals surface area contributed by atoms with E-state index in [0.717, 1.165) is 19.8 Å². The Morgan fingerprint density at radius 1 is 1.30 bits per heavy atom. The zero-order chi connectivity index (χ0) is 22.5. The van der Waals surface area contributed by atoms with Crippen molar-refractivity contribution in [1.82, 2.24) is 15.6 Å². The number of aromatic nitrogens is 1. The monoisotopic (exact) mass is 431 g/mol. The largest absolute Gasteiger partial charge is 0.455 e. The smallest absolute Gasteiger partial charge is 0.451 e. The van der Waals surface area contributed by atoms with Crippen molar-refractivity contribution in [3.63, 3.8) is 0 Å². The molecule has 0 aromatic carbocycles. The second-order valence-electron chi connectivity index (χ2n) is 7.35. The molecule has 0 spiro atoms. The molecule has 2 amide bonds. The summed E-state index contributed by atoms with van der Waals surface area (Å²) in [7, 11) is 0. The fourth-order valence-corrected chi connectivity index (χ4v) is 2.81. The first-order valence-electron chi connectivity index (χ1n) is 10.1. The van der Waals surface area contributed by atoms with E-state index in [1.807, 2.05) is 6.92 Å². The number of carbonyl (C=O) groups excluding carboxylic acids is 2. The van der Waals surface area contributed by atoms with E-state index in [9.17, 15) is 27.9 Å². The van der Waals surface area contributed by atoms with Crippen molar-refractivity contribution < 1.29 is 32.6 Å². The highest BCUT2D eigenvalue weighted by Crippen LogP contribution is 2.42. The van der Waals surface area contributed by atoms with Crippen LogP contribution in [0.1, 0.15) is 74.8 Å². The third kappa shape index (κ3) is 5.62. The quantitative estimate of drug-likeness (QED) is 0.495. The van der Waals surface area contributed by atoms with Gasteiger partial charge in [0, 0.05) is 19.2 Å². The Balaban J connectivity index is 2.32. The molecule has 7 nitrogen and oxygen atoms in total. The number of hydrogen-bond donors (Lipinski definition) is 3. The summed E-state index contributed by atoms with van der Waals surface area (Å²) >= 11 is 0. The first kappa shape index (κ1) is 23.9. The lowest BCUT2D eigenvalue weighted by Crippen LogP contribution is -2.50. The van der Waals surface area contributed by atoms with Crippen LogP contribution in [0.25, 0.3) is 0 Å². The van der Waals surface area contributed by atoms with Gasteiger partial charge in [0.25, 0.3) is 5.91 Å². The molecule has 1 aromatic rings. The van der Waals surface area contributed by atoms with E-state index in [4.69, 9.17) is 4.74 Å². The van der Waals surface area contributed by atoms with Crippen molar-refractivity contribution >= 4 is 11.8 Å². The predicted molar refractivity (Wildman–Crippen MR) is 103 cm³/mol. The van der Waals surface area contributed by atoms with Crippen LogP contribution in [0.2, 0.25) is 0 Å². The van der Waals surface area contributed by atoms with Gasteiger partial charge >= 0.3 is 12.0 Å². The number of nitrogens with zero attached hydrogens (tertiary/aromatic N) is 1. The first-order valence-corrected chi connectivity index (χ1v) is 10.1.